The summed E-state index contributed by atoms with van der Waals surface area (Å²) in [5, 5.41) is 2.74. The molecule has 0 bridgehead atoms. The topological polar surface area (TPSA) is 38.3 Å². The number of anilines is 1. The maximum Gasteiger partial charge on any atom is 0.417 e. The first-order valence-corrected chi connectivity index (χ1v) is 5.76. The minimum Gasteiger partial charge on any atom is -0.410 e. The van der Waals surface area contributed by atoms with E-state index in [2.05, 4.69) is 5.32 Å². The minimum atomic E-state index is -0.477. The van der Waals surface area contributed by atoms with Crippen molar-refractivity contribution in [3.63, 3.8) is 0 Å². The van der Waals surface area contributed by atoms with Crippen LogP contribution in [0.3, 0.4) is 0 Å². The van der Waals surface area contributed by atoms with E-state index in [-0.39, 0.29) is 0 Å². The minimum absolute atomic E-state index is 0.477. The van der Waals surface area contributed by atoms with E-state index < -0.39 is 6.09 Å². The number of aryl methyl sites for hydroxylation is 2. The number of carbonyl (C=O) groups is 1. The van der Waals surface area contributed by atoms with Gasteiger partial charge in [-0.25, -0.2) is 4.79 Å². The van der Waals surface area contributed by atoms with Crippen LogP contribution in [0.2, 0.25) is 0 Å². The maximum atomic E-state index is 11.7. The molecule has 3 heteroatoms. The normalized spacial score (nSPS) is 9.89. The second-order valence-corrected chi connectivity index (χ2v) is 4.15. The Morgan fingerprint density at radius 2 is 1.78 bits per heavy atom. The summed E-state index contributed by atoms with van der Waals surface area (Å²) >= 11 is 0. The van der Waals surface area contributed by atoms with Crippen LogP contribution in [0, 0.1) is 13.8 Å². The van der Waals surface area contributed by atoms with Crippen LogP contribution in [0.15, 0.2) is 48.5 Å². The van der Waals surface area contributed by atoms with E-state index in [9.17, 15) is 4.79 Å². The van der Waals surface area contributed by atoms with Gasteiger partial charge >= 0.3 is 6.09 Å². The van der Waals surface area contributed by atoms with Gasteiger partial charge in [-0.2, -0.15) is 0 Å². The summed E-state index contributed by atoms with van der Waals surface area (Å²) in [7, 11) is 0. The van der Waals surface area contributed by atoms with E-state index in [1.165, 1.54) is 0 Å². The molecule has 0 aliphatic rings. The van der Waals surface area contributed by atoms with Gasteiger partial charge in [0, 0.05) is 5.69 Å². The molecule has 3 nitrogen and oxygen atoms in total. The van der Waals surface area contributed by atoms with Crippen LogP contribution in [0.1, 0.15) is 11.1 Å². The zero-order valence-corrected chi connectivity index (χ0v) is 10.4. The average Bonchev–Trinajstić information content (AvgIpc) is 2.35. The van der Waals surface area contributed by atoms with Gasteiger partial charge in [-0.1, -0.05) is 30.3 Å². The van der Waals surface area contributed by atoms with E-state index in [1.54, 1.807) is 12.1 Å². The van der Waals surface area contributed by atoms with E-state index in [0.717, 1.165) is 16.8 Å². The molecule has 1 N–H and O–H groups in total. The van der Waals surface area contributed by atoms with Crippen molar-refractivity contribution >= 4 is 11.8 Å². The van der Waals surface area contributed by atoms with Gasteiger partial charge in [0.05, 0.1) is 0 Å². The summed E-state index contributed by atoms with van der Waals surface area (Å²) in [5.74, 6) is 0.528. The fraction of sp³-hybridized carbons (Fsp3) is 0.133. The monoisotopic (exact) mass is 241 g/mol. The molecule has 2 rings (SSSR count). The molecule has 2 aromatic carbocycles. The predicted octanol–water partition coefficient (Wildman–Crippen LogP) is 3.91. The molecule has 0 radical (unpaired) electrons. The van der Waals surface area contributed by atoms with Crippen molar-refractivity contribution in [3.8, 4) is 5.75 Å². The Bertz CT molecular complexity index is 550. The molecule has 0 aliphatic carbocycles. The molecular weight excluding hydrogens is 226 g/mol. The highest BCUT2D eigenvalue weighted by Crippen LogP contribution is 2.17. The van der Waals surface area contributed by atoms with Crippen LogP contribution in [0.5, 0.6) is 5.75 Å². The van der Waals surface area contributed by atoms with Gasteiger partial charge in [-0.05, 0) is 43.2 Å². The van der Waals surface area contributed by atoms with Crippen LogP contribution in [0.25, 0.3) is 0 Å². The van der Waals surface area contributed by atoms with Crippen LogP contribution in [0.4, 0.5) is 10.5 Å². The van der Waals surface area contributed by atoms with Crippen LogP contribution >= 0.6 is 0 Å². The van der Waals surface area contributed by atoms with Gasteiger partial charge < -0.3 is 4.74 Å². The summed E-state index contributed by atoms with van der Waals surface area (Å²) in [5.41, 5.74) is 2.87. The second kappa shape index (κ2) is 5.36. The largest absolute Gasteiger partial charge is 0.417 e. The number of para-hydroxylation sites is 1. The number of hydrogen-bond acceptors (Lipinski definition) is 2. The average molecular weight is 241 g/mol. The molecule has 0 atom stereocenters. The molecule has 2 aromatic rings. The fourth-order valence-corrected chi connectivity index (χ4v) is 1.60. The fourth-order valence-electron chi connectivity index (χ4n) is 1.60. The number of amides is 1. The van der Waals surface area contributed by atoms with Crippen LogP contribution in [-0.2, 0) is 0 Å². The highest BCUT2D eigenvalue weighted by atomic mass is 16.6. The number of ether oxygens (including phenoxy) is 1. The SMILES string of the molecule is Cc1ccc(C)c(NC(=O)Oc2ccccc2)c1. The van der Waals surface area contributed by atoms with Crippen molar-refractivity contribution in [2.45, 2.75) is 13.8 Å². The number of benzene rings is 2. The number of hydrogen-bond donors (Lipinski definition) is 1. The second-order valence-electron chi connectivity index (χ2n) is 4.15. The van der Waals surface area contributed by atoms with Gasteiger partial charge in [-0.3, -0.25) is 5.32 Å². The zero-order valence-electron chi connectivity index (χ0n) is 10.4. The Morgan fingerprint density at radius 3 is 2.50 bits per heavy atom. The van der Waals surface area contributed by atoms with E-state index in [1.807, 2.05) is 50.2 Å². The summed E-state index contributed by atoms with van der Waals surface area (Å²) in [6, 6.07) is 14.9. The predicted molar refractivity (Wildman–Crippen MR) is 72.0 cm³/mol. The quantitative estimate of drug-likeness (QED) is 0.865. The first-order valence-electron chi connectivity index (χ1n) is 5.76. The summed E-state index contributed by atoms with van der Waals surface area (Å²) < 4.78 is 5.16. The summed E-state index contributed by atoms with van der Waals surface area (Å²) in [6.07, 6.45) is -0.477. The highest BCUT2D eigenvalue weighted by molar-refractivity contribution is 5.87. The third-order valence-electron chi connectivity index (χ3n) is 2.58. The third-order valence-corrected chi connectivity index (χ3v) is 2.58. The zero-order chi connectivity index (χ0) is 13.0. The molecule has 0 aliphatic heterocycles. The first-order chi connectivity index (χ1) is 8.65. The number of nitrogens with one attached hydrogen (secondary N) is 1. The van der Waals surface area contributed by atoms with Crippen molar-refractivity contribution in [1.82, 2.24) is 0 Å². The molecule has 0 spiro atoms. The molecule has 18 heavy (non-hydrogen) atoms. The van der Waals surface area contributed by atoms with Crippen molar-refractivity contribution in [3.05, 3.63) is 59.7 Å². The molecular formula is C15H15NO2. The maximum absolute atomic E-state index is 11.7. The Kier molecular flexibility index (Phi) is 3.63. The summed E-state index contributed by atoms with van der Waals surface area (Å²) in [6.45, 7) is 3.92. The van der Waals surface area contributed by atoms with E-state index in [4.69, 9.17) is 4.74 Å². The molecule has 1 amide bonds. The van der Waals surface area contributed by atoms with E-state index in [0.29, 0.717) is 5.75 Å². The standard InChI is InChI=1S/C15H15NO2/c1-11-8-9-12(2)14(10-11)16-15(17)18-13-6-4-3-5-7-13/h3-10H,1-2H3,(H,16,17). The van der Waals surface area contributed by atoms with E-state index >= 15 is 0 Å². The molecule has 0 unspecified atom stereocenters. The Labute approximate surface area is 106 Å². The highest BCUT2D eigenvalue weighted by Gasteiger charge is 2.06. The third kappa shape index (κ3) is 3.10. The molecule has 0 heterocycles. The van der Waals surface area contributed by atoms with Gasteiger partial charge in [0.15, 0.2) is 0 Å². The van der Waals surface area contributed by atoms with Gasteiger partial charge in [-0.15, -0.1) is 0 Å². The van der Waals surface area contributed by atoms with Crippen molar-refractivity contribution in [1.29, 1.82) is 0 Å². The smallest absolute Gasteiger partial charge is 0.410 e. The molecule has 0 aromatic heterocycles. The lowest BCUT2D eigenvalue weighted by Crippen LogP contribution is -2.17. The molecule has 0 fully saturated rings. The lowest BCUT2D eigenvalue weighted by molar-refractivity contribution is 0.215. The molecule has 92 valence electrons. The van der Waals surface area contributed by atoms with Gasteiger partial charge in [0.25, 0.3) is 0 Å². The molecule has 0 saturated carbocycles. The summed E-state index contributed by atoms with van der Waals surface area (Å²) in [4.78, 5) is 11.7. The van der Waals surface area contributed by atoms with Gasteiger partial charge in [0.2, 0.25) is 0 Å². The van der Waals surface area contributed by atoms with Crippen molar-refractivity contribution in [2.75, 3.05) is 5.32 Å². The lowest BCUT2D eigenvalue weighted by atomic mass is 10.1. The number of rotatable bonds is 2. The Hall–Kier alpha value is -2.29. The van der Waals surface area contributed by atoms with Crippen LogP contribution in [-0.4, -0.2) is 6.09 Å². The van der Waals surface area contributed by atoms with Gasteiger partial charge in [0.1, 0.15) is 5.75 Å². The van der Waals surface area contributed by atoms with Crippen molar-refractivity contribution < 1.29 is 9.53 Å². The lowest BCUT2D eigenvalue weighted by Gasteiger charge is -2.09. The Morgan fingerprint density at radius 1 is 1.06 bits per heavy atom. The van der Waals surface area contributed by atoms with Crippen LogP contribution < -0.4 is 10.1 Å². The Balaban J connectivity index is 2.05. The van der Waals surface area contributed by atoms with Crippen molar-refractivity contribution in [2.24, 2.45) is 0 Å². The first kappa shape index (κ1) is 12.2. The number of carbonyl (C=O) groups excluding carboxylic acids is 1. The molecule has 0 saturated heterocycles.